The zero-order valence-corrected chi connectivity index (χ0v) is 12.5. The molecule has 1 heterocycles. The maximum absolute atomic E-state index is 11.0. The minimum atomic E-state index is -0.367. The van der Waals surface area contributed by atoms with E-state index < -0.39 is 0 Å². The molecule has 0 amide bonds. The van der Waals surface area contributed by atoms with E-state index in [2.05, 4.69) is 33.0 Å². The highest BCUT2D eigenvalue weighted by Crippen LogP contribution is 2.25. The van der Waals surface area contributed by atoms with Crippen LogP contribution in [0.15, 0.2) is 30.6 Å². The average Bonchev–Trinajstić information content (AvgIpc) is 2.77. The van der Waals surface area contributed by atoms with Crippen molar-refractivity contribution in [1.82, 2.24) is 9.78 Å². The molecule has 2 rings (SSSR count). The molecule has 0 atom stereocenters. The Kier molecular flexibility index (Phi) is 4.35. The third kappa shape index (κ3) is 3.43. The topological polar surface area (TPSA) is 73.0 Å². The van der Waals surface area contributed by atoms with Crippen LogP contribution in [0.3, 0.4) is 0 Å². The van der Waals surface area contributed by atoms with Gasteiger partial charge in [0.15, 0.2) is 0 Å². The van der Waals surface area contributed by atoms with Crippen molar-refractivity contribution in [2.24, 2.45) is 0 Å². The molecule has 1 aromatic heterocycles. The van der Waals surface area contributed by atoms with Gasteiger partial charge >= 0.3 is 0 Å². The fraction of sp³-hybridized carbons (Fsp3) is 0.250. The van der Waals surface area contributed by atoms with Gasteiger partial charge in [-0.25, -0.2) is 0 Å². The summed E-state index contributed by atoms with van der Waals surface area (Å²) in [7, 11) is 0. The molecule has 0 aliphatic carbocycles. The number of hydrogen-bond acceptors (Lipinski definition) is 4. The number of aromatic nitrogens is 2. The van der Waals surface area contributed by atoms with Crippen LogP contribution in [0.4, 0.5) is 11.4 Å². The van der Waals surface area contributed by atoms with Crippen LogP contribution in [-0.2, 0) is 6.54 Å². The van der Waals surface area contributed by atoms with Crippen LogP contribution in [0.1, 0.15) is 12.5 Å². The highest BCUT2D eigenvalue weighted by molar-refractivity contribution is 14.1. The van der Waals surface area contributed by atoms with Gasteiger partial charge in [0.05, 0.1) is 21.2 Å². The second-order valence-electron chi connectivity index (χ2n) is 4.00. The van der Waals surface area contributed by atoms with E-state index in [0.717, 1.165) is 9.13 Å². The van der Waals surface area contributed by atoms with Crippen molar-refractivity contribution in [3.05, 3.63) is 49.8 Å². The van der Waals surface area contributed by atoms with E-state index in [4.69, 9.17) is 0 Å². The van der Waals surface area contributed by atoms with Crippen molar-refractivity contribution in [1.29, 1.82) is 0 Å². The van der Waals surface area contributed by atoms with Crippen LogP contribution in [-0.4, -0.2) is 21.2 Å². The van der Waals surface area contributed by atoms with E-state index in [1.165, 1.54) is 0 Å². The molecule has 0 aliphatic heterocycles. The molecule has 0 aliphatic rings. The van der Waals surface area contributed by atoms with Crippen LogP contribution in [0, 0.1) is 13.7 Å². The fourth-order valence-corrected chi connectivity index (χ4v) is 2.22. The summed E-state index contributed by atoms with van der Waals surface area (Å²) in [4.78, 5) is 10.7. The van der Waals surface area contributed by atoms with Crippen molar-refractivity contribution in [2.45, 2.75) is 13.5 Å². The second-order valence-corrected chi connectivity index (χ2v) is 5.24. The Morgan fingerprint density at radius 3 is 2.89 bits per heavy atom. The third-order valence-electron chi connectivity index (χ3n) is 2.57. The van der Waals surface area contributed by atoms with Gasteiger partial charge < -0.3 is 5.32 Å². The number of rotatable bonds is 5. The number of nitrogens with zero attached hydrogens (tertiary/aromatic N) is 3. The van der Waals surface area contributed by atoms with Crippen LogP contribution >= 0.6 is 22.6 Å². The minimum Gasteiger partial charge on any atom is -0.380 e. The van der Waals surface area contributed by atoms with Gasteiger partial charge in [0.1, 0.15) is 5.69 Å². The average molecular weight is 372 g/mol. The lowest BCUT2D eigenvalue weighted by molar-refractivity contribution is -0.384. The molecule has 2 aromatic rings. The summed E-state index contributed by atoms with van der Waals surface area (Å²) in [6.07, 6.45) is 3.65. The number of hydrogen-bond donors (Lipinski definition) is 1. The summed E-state index contributed by atoms with van der Waals surface area (Å²) in [5, 5.41) is 18.2. The summed E-state index contributed by atoms with van der Waals surface area (Å²) in [5.74, 6) is 0. The summed E-state index contributed by atoms with van der Waals surface area (Å²) in [5.41, 5.74) is 1.50. The maximum atomic E-state index is 11.0. The Labute approximate surface area is 124 Å². The molecular weight excluding hydrogens is 359 g/mol. The smallest absolute Gasteiger partial charge is 0.292 e. The predicted molar refractivity (Wildman–Crippen MR) is 81.3 cm³/mol. The van der Waals surface area contributed by atoms with Crippen LogP contribution < -0.4 is 5.32 Å². The van der Waals surface area contributed by atoms with Crippen LogP contribution in [0.5, 0.6) is 0 Å². The molecule has 0 radical (unpaired) electrons. The van der Waals surface area contributed by atoms with Crippen LogP contribution in [0.2, 0.25) is 0 Å². The molecule has 100 valence electrons. The first-order valence-corrected chi connectivity index (χ1v) is 6.87. The summed E-state index contributed by atoms with van der Waals surface area (Å²) >= 11 is 2.18. The van der Waals surface area contributed by atoms with Crippen molar-refractivity contribution < 1.29 is 4.92 Å². The second kappa shape index (κ2) is 6.00. The van der Waals surface area contributed by atoms with E-state index in [1.807, 2.05) is 19.2 Å². The van der Waals surface area contributed by atoms with Gasteiger partial charge in [0.2, 0.25) is 0 Å². The molecular formula is C12H13IN4O2. The lowest BCUT2D eigenvalue weighted by Gasteiger charge is -2.07. The van der Waals surface area contributed by atoms with E-state index in [9.17, 15) is 10.1 Å². The summed E-state index contributed by atoms with van der Waals surface area (Å²) in [6, 6.07) is 5.21. The molecule has 7 heteroatoms. The Morgan fingerprint density at radius 2 is 2.32 bits per heavy atom. The number of nitro benzene ring substituents is 1. The Hall–Kier alpha value is -1.64. The summed E-state index contributed by atoms with van der Waals surface area (Å²) < 4.78 is 2.80. The first kappa shape index (κ1) is 13.8. The normalized spacial score (nSPS) is 10.4. The number of nitrogens with one attached hydrogen (secondary N) is 1. The monoisotopic (exact) mass is 372 g/mol. The number of benzene rings is 1. The van der Waals surface area contributed by atoms with Gasteiger partial charge in [-0.2, -0.15) is 5.10 Å². The maximum Gasteiger partial charge on any atom is 0.292 e. The molecule has 1 N–H and O–H groups in total. The first-order chi connectivity index (χ1) is 9.10. The fourth-order valence-electron chi connectivity index (χ4n) is 1.78. The molecule has 1 aromatic carbocycles. The molecule has 0 saturated heterocycles. The van der Waals surface area contributed by atoms with E-state index in [-0.39, 0.29) is 10.6 Å². The minimum absolute atomic E-state index is 0.0983. The molecule has 6 nitrogen and oxygen atoms in total. The highest BCUT2D eigenvalue weighted by atomic mass is 127. The Balaban J connectivity index is 2.27. The Morgan fingerprint density at radius 1 is 1.53 bits per heavy atom. The predicted octanol–water partition coefficient (Wildman–Crippen LogP) is 2.88. The quantitative estimate of drug-likeness (QED) is 0.498. The van der Waals surface area contributed by atoms with Crippen molar-refractivity contribution in [3.8, 4) is 0 Å². The van der Waals surface area contributed by atoms with E-state index in [0.29, 0.717) is 18.8 Å². The highest BCUT2D eigenvalue weighted by Gasteiger charge is 2.14. The molecule has 0 fully saturated rings. The third-order valence-corrected chi connectivity index (χ3v) is 3.13. The number of nitro groups is 1. The lowest BCUT2D eigenvalue weighted by atomic mass is 10.1. The first-order valence-electron chi connectivity index (χ1n) is 5.79. The van der Waals surface area contributed by atoms with Crippen molar-refractivity contribution in [2.75, 3.05) is 11.9 Å². The van der Waals surface area contributed by atoms with E-state index >= 15 is 0 Å². The van der Waals surface area contributed by atoms with Gasteiger partial charge in [-0.3, -0.25) is 14.8 Å². The van der Waals surface area contributed by atoms with Gasteiger partial charge in [-0.1, -0.05) is 6.07 Å². The zero-order chi connectivity index (χ0) is 13.8. The standard InChI is InChI=1S/C12H13IN4O2/c1-2-14-11-4-3-9(5-12(11)17(18)19)7-16-8-10(13)6-15-16/h3-6,8,14H,2,7H2,1H3. The number of halogens is 1. The SMILES string of the molecule is CCNc1ccc(Cn2cc(I)cn2)cc1[N+](=O)[O-]. The summed E-state index contributed by atoms with van der Waals surface area (Å²) in [6.45, 7) is 3.08. The van der Waals surface area contributed by atoms with Gasteiger partial charge in [-0.15, -0.1) is 0 Å². The molecule has 19 heavy (non-hydrogen) atoms. The van der Waals surface area contributed by atoms with Gasteiger partial charge in [0, 0.05) is 18.8 Å². The van der Waals surface area contributed by atoms with E-state index in [1.54, 1.807) is 23.0 Å². The zero-order valence-electron chi connectivity index (χ0n) is 10.3. The largest absolute Gasteiger partial charge is 0.380 e. The van der Waals surface area contributed by atoms with Crippen molar-refractivity contribution >= 4 is 34.0 Å². The Bertz CT molecular complexity index is 597. The molecule has 0 bridgehead atoms. The molecule has 0 unspecified atom stereocenters. The molecule has 0 saturated carbocycles. The van der Waals surface area contributed by atoms with Gasteiger partial charge in [0.25, 0.3) is 5.69 Å². The lowest BCUT2D eigenvalue weighted by Crippen LogP contribution is -2.04. The van der Waals surface area contributed by atoms with Crippen LogP contribution in [0.25, 0.3) is 0 Å². The van der Waals surface area contributed by atoms with Crippen molar-refractivity contribution in [3.63, 3.8) is 0 Å². The van der Waals surface area contributed by atoms with Gasteiger partial charge in [-0.05, 0) is 41.1 Å². The molecule has 0 spiro atoms. The number of anilines is 1.